The van der Waals surface area contributed by atoms with Crippen LogP contribution >= 0.6 is 11.8 Å². The summed E-state index contributed by atoms with van der Waals surface area (Å²) in [5.74, 6) is -0.406. The molecule has 1 heterocycles. The van der Waals surface area contributed by atoms with E-state index in [1.165, 1.54) is 6.07 Å². The molecule has 0 saturated carbocycles. The predicted octanol–water partition coefficient (Wildman–Crippen LogP) is 3.28. The third-order valence-electron chi connectivity index (χ3n) is 3.20. The van der Waals surface area contributed by atoms with Crippen molar-refractivity contribution < 1.29 is 22.8 Å². The van der Waals surface area contributed by atoms with Gasteiger partial charge in [0.15, 0.2) is 0 Å². The first-order valence-electron chi connectivity index (χ1n) is 7.12. The minimum atomic E-state index is -4.46. The van der Waals surface area contributed by atoms with E-state index in [1.807, 2.05) is 13.8 Å². The average molecular weight is 346 g/mol. The van der Waals surface area contributed by atoms with Crippen LogP contribution in [0.1, 0.15) is 25.8 Å². The van der Waals surface area contributed by atoms with Crippen molar-refractivity contribution in [1.29, 1.82) is 0 Å². The molecule has 8 heteroatoms. The largest absolute Gasteiger partial charge is 0.416 e. The van der Waals surface area contributed by atoms with Crippen LogP contribution in [0.15, 0.2) is 23.1 Å². The van der Waals surface area contributed by atoms with Crippen LogP contribution in [0.25, 0.3) is 0 Å². The van der Waals surface area contributed by atoms with Gasteiger partial charge in [0.1, 0.15) is 0 Å². The van der Waals surface area contributed by atoms with Crippen LogP contribution < -0.4 is 10.6 Å². The highest BCUT2D eigenvalue weighted by molar-refractivity contribution is 8.01. The summed E-state index contributed by atoms with van der Waals surface area (Å²) >= 11 is 1.11. The summed E-state index contributed by atoms with van der Waals surface area (Å²) in [4.78, 5) is 24.3. The molecule has 1 aromatic carbocycles. The normalized spacial score (nSPS) is 17.7. The molecule has 0 spiro atoms. The van der Waals surface area contributed by atoms with Gasteiger partial charge < -0.3 is 10.6 Å². The molecule has 2 rings (SSSR count). The Morgan fingerprint density at radius 2 is 2.09 bits per heavy atom. The second-order valence-corrected chi connectivity index (χ2v) is 6.95. The number of alkyl halides is 3. The summed E-state index contributed by atoms with van der Waals surface area (Å²) in [6.45, 7) is 4.43. The van der Waals surface area contributed by atoms with Gasteiger partial charge in [0.25, 0.3) is 0 Å². The summed E-state index contributed by atoms with van der Waals surface area (Å²) in [6, 6.07) is 3.20. The van der Waals surface area contributed by atoms with Crippen molar-refractivity contribution in [3.63, 3.8) is 0 Å². The zero-order valence-electron chi connectivity index (χ0n) is 12.7. The van der Waals surface area contributed by atoms with Crippen LogP contribution in [-0.4, -0.2) is 23.6 Å². The molecule has 4 nitrogen and oxygen atoms in total. The molecule has 126 valence electrons. The van der Waals surface area contributed by atoms with Gasteiger partial charge >= 0.3 is 6.18 Å². The Hall–Kier alpha value is -1.70. The van der Waals surface area contributed by atoms with Crippen molar-refractivity contribution in [3.8, 4) is 0 Å². The van der Waals surface area contributed by atoms with Gasteiger partial charge in [-0.1, -0.05) is 13.8 Å². The summed E-state index contributed by atoms with van der Waals surface area (Å²) < 4.78 is 38.0. The SMILES string of the molecule is CC(C)CNC(=O)CC1Sc2ccc(C(F)(F)F)cc2NC1=O. The molecule has 1 unspecified atom stereocenters. The molecule has 1 aliphatic rings. The lowest BCUT2D eigenvalue weighted by Gasteiger charge is -2.24. The van der Waals surface area contributed by atoms with E-state index in [2.05, 4.69) is 10.6 Å². The molecule has 1 aliphatic heterocycles. The van der Waals surface area contributed by atoms with Gasteiger partial charge in [0, 0.05) is 17.9 Å². The second kappa shape index (κ2) is 6.82. The van der Waals surface area contributed by atoms with Gasteiger partial charge in [0.05, 0.1) is 16.5 Å². The monoisotopic (exact) mass is 346 g/mol. The number of anilines is 1. The summed E-state index contributed by atoms with van der Waals surface area (Å²) in [5, 5.41) is 4.53. The van der Waals surface area contributed by atoms with E-state index in [-0.39, 0.29) is 18.0 Å². The molecule has 2 amide bonds. The average Bonchev–Trinajstić information content (AvgIpc) is 2.44. The van der Waals surface area contributed by atoms with Crippen LogP contribution in [0.5, 0.6) is 0 Å². The van der Waals surface area contributed by atoms with Crippen LogP contribution in [-0.2, 0) is 15.8 Å². The minimum absolute atomic E-state index is 0.0102. The van der Waals surface area contributed by atoms with Crippen molar-refractivity contribution in [2.24, 2.45) is 5.92 Å². The summed E-state index contributed by atoms with van der Waals surface area (Å²) in [7, 11) is 0. The Labute approximate surface area is 136 Å². The molecule has 0 aromatic heterocycles. The van der Waals surface area contributed by atoms with E-state index in [0.29, 0.717) is 17.4 Å². The summed E-state index contributed by atoms with van der Waals surface area (Å²) in [6.07, 6.45) is -4.47. The fraction of sp³-hybridized carbons (Fsp3) is 0.467. The van der Waals surface area contributed by atoms with E-state index >= 15 is 0 Å². The van der Waals surface area contributed by atoms with Gasteiger partial charge in [-0.15, -0.1) is 11.8 Å². The molecule has 23 heavy (non-hydrogen) atoms. The second-order valence-electron chi connectivity index (χ2n) is 5.71. The number of thioether (sulfide) groups is 1. The zero-order valence-corrected chi connectivity index (χ0v) is 13.5. The van der Waals surface area contributed by atoms with E-state index < -0.39 is 22.9 Å². The molecule has 0 aliphatic carbocycles. The van der Waals surface area contributed by atoms with Crippen LogP contribution in [0.4, 0.5) is 18.9 Å². The van der Waals surface area contributed by atoms with Gasteiger partial charge in [-0.05, 0) is 24.1 Å². The molecule has 1 atom stereocenters. The quantitative estimate of drug-likeness (QED) is 0.880. The number of halogens is 3. The van der Waals surface area contributed by atoms with Crippen molar-refractivity contribution in [1.82, 2.24) is 5.32 Å². The number of nitrogens with one attached hydrogen (secondary N) is 2. The Morgan fingerprint density at radius 3 is 2.70 bits per heavy atom. The first kappa shape index (κ1) is 17.7. The Morgan fingerprint density at radius 1 is 1.39 bits per heavy atom. The van der Waals surface area contributed by atoms with Crippen LogP contribution in [0.2, 0.25) is 0 Å². The number of carbonyl (C=O) groups excluding carboxylic acids is 2. The third kappa shape index (κ3) is 4.63. The maximum absolute atomic E-state index is 12.7. The van der Waals surface area contributed by atoms with Gasteiger partial charge in [-0.2, -0.15) is 13.2 Å². The smallest absolute Gasteiger partial charge is 0.356 e. The lowest BCUT2D eigenvalue weighted by atomic mass is 10.1. The lowest BCUT2D eigenvalue weighted by Crippen LogP contribution is -2.36. The molecule has 1 aromatic rings. The molecule has 0 radical (unpaired) electrons. The Bertz CT molecular complexity index is 617. The first-order valence-corrected chi connectivity index (χ1v) is 8.00. The van der Waals surface area contributed by atoms with Gasteiger partial charge in [0.2, 0.25) is 11.8 Å². The summed E-state index contributed by atoms with van der Waals surface area (Å²) in [5.41, 5.74) is -0.682. The van der Waals surface area contributed by atoms with Gasteiger partial charge in [-0.3, -0.25) is 9.59 Å². The number of fused-ring (bicyclic) bond motifs is 1. The van der Waals surface area contributed by atoms with Crippen molar-refractivity contribution in [2.45, 2.75) is 36.6 Å². The van der Waals surface area contributed by atoms with Crippen molar-refractivity contribution in [2.75, 3.05) is 11.9 Å². The highest BCUT2D eigenvalue weighted by atomic mass is 32.2. The zero-order chi connectivity index (χ0) is 17.2. The standard InChI is InChI=1S/C15H17F3N2O2S/c1-8(2)7-19-13(21)6-12-14(22)20-10-5-9(15(16,17)18)3-4-11(10)23-12/h3-5,8,12H,6-7H2,1-2H3,(H,19,21)(H,20,22). The predicted molar refractivity (Wildman–Crippen MR) is 82.2 cm³/mol. The molecule has 0 bridgehead atoms. The molecular weight excluding hydrogens is 329 g/mol. The highest BCUT2D eigenvalue weighted by Gasteiger charge is 2.34. The van der Waals surface area contributed by atoms with Crippen LogP contribution in [0.3, 0.4) is 0 Å². The number of hydrogen-bond acceptors (Lipinski definition) is 3. The van der Waals surface area contributed by atoms with Gasteiger partial charge in [-0.25, -0.2) is 0 Å². The first-order chi connectivity index (χ1) is 10.7. The Balaban J connectivity index is 2.06. The van der Waals surface area contributed by atoms with E-state index in [9.17, 15) is 22.8 Å². The topological polar surface area (TPSA) is 58.2 Å². The number of amides is 2. The third-order valence-corrected chi connectivity index (χ3v) is 4.48. The fourth-order valence-electron chi connectivity index (χ4n) is 2.02. The van der Waals surface area contributed by atoms with E-state index in [0.717, 1.165) is 23.9 Å². The van der Waals surface area contributed by atoms with Crippen molar-refractivity contribution >= 4 is 29.3 Å². The number of carbonyl (C=O) groups is 2. The van der Waals surface area contributed by atoms with E-state index in [4.69, 9.17) is 0 Å². The highest BCUT2D eigenvalue weighted by Crippen LogP contribution is 2.40. The maximum Gasteiger partial charge on any atom is 0.416 e. The minimum Gasteiger partial charge on any atom is -0.356 e. The Kier molecular flexibility index (Phi) is 5.23. The lowest BCUT2D eigenvalue weighted by molar-refractivity contribution is -0.137. The molecule has 2 N–H and O–H groups in total. The van der Waals surface area contributed by atoms with E-state index in [1.54, 1.807) is 0 Å². The molecular formula is C15H17F3N2O2S. The fourth-order valence-corrected chi connectivity index (χ4v) is 3.11. The van der Waals surface area contributed by atoms with Crippen LogP contribution in [0, 0.1) is 5.92 Å². The maximum atomic E-state index is 12.7. The number of hydrogen-bond donors (Lipinski definition) is 2. The number of rotatable bonds is 4. The van der Waals surface area contributed by atoms with Crippen molar-refractivity contribution in [3.05, 3.63) is 23.8 Å². The number of benzene rings is 1. The molecule has 0 saturated heterocycles. The molecule has 0 fully saturated rings.